The molecule has 0 saturated carbocycles. The third-order valence-corrected chi connectivity index (χ3v) is 3.77. The van der Waals surface area contributed by atoms with Crippen LogP contribution in [0, 0.1) is 11.3 Å². The predicted molar refractivity (Wildman–Crippen MR) is 104 cm³/mol. The van der Waals surface area contributed by atoms with Gasteiger partial charge in [0.05, 0.1) is 17.8 Å². The van der Waals surface area contributed by atoms with Crippen molar-refractivity contribution in [3.8, 4) is 22.9 Å². The molecule has 0 atom stereocenters. The van der Waals surface area contributed by atoms with Crippen molar-refractivity contribution in [3.05, 3.63) is 90.0 Å². The van der Waals surface area contributed by atoms with Gasteiger partial charge < -0.3 is 4.74 Å². The van der Waals surface area contributed by atoms with Crippen LogP contribution >= 0.6 is 0 Å². The number of carbonyl (C=O) groups is 1. The van der Waals surface area contributed by atoms with Gasteiger partial charge in [-0.25, -0.2) is 5.43 Å². The third kappa shape index (κ3) is 5.28. The van der Waals surface area contributed by atoms with Crippen LogP contribution in [0.4, 0.5) is 0 Å². The van der Waals surface area contributed by atoms with Crippen LogP contribution in [0.3, 0.4) is 0 Å². The second-order valence-corrected chi connectivity index (χ2v) is 5.71. The first-order chi connectivity index (χ1) is 13.2. The molecule has 0 heterocycles. The highest BCUT2D eigenvalue weighted by atomic mass is 16.5. The fourth-order valence-electron chi connectivity index (χ4n) is 2.38. The van der Waals surface area contributed by atoms with E-state index in [1.54, 1.807) is 30.5 Å². The van der Waals surface area contributed by atoms with E-state index in [0.29, 0.717) is 11.3 Å². The molecular formula is C22H17N3O2. The maximum absolute atomic E-state index is 11.8. The van der Waals surface area contributed by atoms with Crippen molar-refractivity contribution >= 4 is 12.1 Å². The largest absolute Gasteiger partial charge is 0.484 e. The summed E-state index contributed by atoms with van der Waals surface area (Å²) < 4.78 is 5.34. The van der Waals surface area contributed by atoms with Crippen LogP contribution in [0.15, 0.2) is 84.0 Å². The van der Waals surface area contributed by atoms with Gasteiger partial charge in [-0.05, 0) is 41.0 Å². The van der Waals surface area contributed by atoms with E-state index >= 15 is 0 Å². The molecule has 27 heavy (non-hydrogen) atoms. The Kier molecular flexibility index (Phi) is 5.95. The number of amides is 1. The fourth-order valence-corrected chi connectivity index (χ4v) is 2.38. The van der Waals surface area contributed by atoms with Gasteiger partial charge in [-0.3, -0.25) is 4.79 Å². The molecule has 3 aromatic carbocycles. The van der Waals surface area contributed by atoms with Gasteiger partial charge in [-0.15, -0.1) is 0 Å². The molecule has 1 amide bonds. The lowest BCUT2D eigenvalue weighted by molar-refractivity contribution is -0.123. The Hall–Kier alpha value is -3.91. The second kappa shape index (κ2) is 8.97. The number of benzene rings is 3. The average molecular weight is 355 g/mol. The van der Waals surface area contributed by atoms with E-state index < -0.39 is 0 Å². The molecule has 0 spiro atoms. The molecule has 0 aliphatic heterocycles. The first kappa shape index (κ1) is 17.9. The lowest BCUT2D eigenvalue weighted by Gasteiger charge is -2.04. The number of carbonyl (C=O) groups excluding carboxylic acids is 1. The Morgan fingerprint density at radius 2 is 1.63 bits per heavy atom. The van der Waals surface area contributed by atoms with Crippen LogP contribution in [0.25, 0.3) is 11.1 Å². The number of hydrogen-bond donors (Lipinski definition) is 1. The second-order valence-electron chi connectivity index (χ2n) is 5.71. The van der Waals surface area contributed by atoms with Crippen molar-refractivity contribution in [2.24, 2.45) is 5.10 Å². The van der Waals surface area contributed by atoms with Gasteiger partial charge in [0, 0.05) is 0 Å². The summed E-state index contributed by atoms with van der Waals surface area (Å²) in [7, 11) is 0. The van der Waals surface area contributed by atoms with Gasteiger partial charge in [0.2, 0.25) is 0 Å². The van der Waals surface area contributed by atoms with Crippen LogP contribution in [0.5, 0.6) is 5.75 Å². The highest BCUT2D eigenvalue weighted by Crippen LogP contribution is 2.18. The van der Waals surface area contributed by atoms with E-state index in [9.17, 15) is 4.79 Å². The molecule has 0 unspecified atom stereocenters. The number of hydrazone groups is 1. The van der Waals surface area contributed by atoms with Crippen LogP contribution < -0.4 is 10.2 Å². The molecule has 3 aromatic rings. The van der Waals surface area contributed by atoms with E-state index in [0.717, 1.165) is 16.7 Å². The molecule has 5 heteroatoms. The SMILES string of the molecule is N#Cc1ccc(OCC(=O)N/N=C\c2ccc(-c3ccccc3)cc2)cc1. The molecule has 0 saturated heterocycles. The van der Waals surface area contributed by atoms with Crippen molar-refractivity contribution in [2.75, 3.05) is 6.61 Å². The fraction of sp³-hybridized carbons (Fsp3) is 0.0455. The molecule has 0 aromatic heterocycles. The van der Waals surface area contributed by atoms with E-state index in [-0.39, 0.29) is 12.5 Å². The number of nitrogens with zero attached hydrogens (tertiary/aromatic N) is 2. The number of rotatable bonds is 6. The highest BCUT2D eigenvalue weighted by Gasteiger charge is 2.02. The summed E-state index contributed by atoms with van der Waals surface area (Å²) in [6.07, 6.45) is 1.58. The number of nitrogens with one attached hydrogen (secondary N) is 1. The highest BCUT2D eigenvalue weighted by molar-refractivity contribution is 5.83. The van der Waals surface area contributed by atoms with Crippen molar-refractivity contribution < 1.29 is 9.53 Å². The van der Waals surface area contributed by atoms with Gasteiger partial charge >= 0.3 is 0 Å². The summed E-state index contributed by atoms with van der Waals surface area (Å²) in [4.78, 5) is 11.8. The lowest BCUT2D eigenvalue weighted by Crippen LogP contribution is -2.24. The summed E-state index contributed by atoms with van der Waals surface area (Å²) in [6, 6.07) is 26.5. The topological polar surface area (TPSA) is 74.5 Å². The minimum Gasteiger partial charge on any atom is -0.484 e. The molecule has 0 aliphatic rings. The van der Waals surface area contributed by atoms with Gasteiger partial charge in [0.1, 0.15) is 5.75 Å². The number of nitriles is 1. The van der Waals surface area contributed by atoms with Crippen molar-refractivity contribution in [1.82, 2.24) is 5.43 Å². The molecule has 132 valence electrons. The molecule has 1 N–H and O–H groups in total. The van der Waals surface area contributed by atoms with Crippen LogP contribution in [-0.2, 0) is 4.79 Å². The van der Waals surface area contributed by atoms with Crippen LogP contribution in [0.2, 0.25) is 0 Å². The van der Waals surface area contributed by atoms with Crippen molar-refractivity contribution in [3.63, 3.8) is 0 Å². The molecule has 0 aliphatic carbocycles. The monoisotopic (exact) mass is 355 g/mol. The molecule has 0 fully saturated rings. The molecule has 0 radical (unpaired) electrons. The summed E-state index contributed by atoms with van der Waals surface area (Å²) in [5, 5.41) is 12.7. The average Bonchev–Trinajstić information content (AvgIpc) is 2.74. The van der Waals surface area contributed by atoms with Gasteiger partial charge in [-0.1, -0.05) is 54.6 Å². The van der Waals surface area contributed by atoms with E-state index in [4.69, 9.17) is 10.00 Å². The molecule has 3 rings (SSSR count). The smallest absolute Gasteiger partial charge is 0.277 e. The standard InChI is InChI=1S/C22H17N3O2/c23-14-17-8-12-21(13-9-17)27-16-22(26)25-24-15-18-6-10-20(11-7-18)19-4-2-1-3-5-19/h1-13,15H,16H2,(H,25,26)/b24-15-. The molecule has 0 bridgehead atoms. The van der Waals surface area contributed by atoms with Crippen molar-refractivity contribution in [2.45, 2.75) is 0 Å². The third-order valence-electron chi connectivity index (χ3n) is 3.77. The van der Waals surface area contributed by atoms with E-state index in [2.05, 4.69) is 22.7 Å². The van der Waals surface area contributed by atoms with Crippen LogP contribution in [0.1, 0.15) is 11.1 Å². The van der Waals surface area contributed by atoms with E-state index in [1.165, 1.54) is 0 Å². The normalized spacial score (nSPS) is 10.3. The van der Waals surface area contributed by atoms with Crippen molar-refractivity contribution in [1.29, 1.82) is 5.26 Å². The van der Waals surface area contributed by atoms with Gasteiger partial charge in [-0.2, -0.15) is 10.4 Å². The zero-order chi connectivity index (χ0) is 18.9. The summed E-state index contributed by atoms with van der Waals surface area (Å²) >= 11 is 0. The Balaban J connectivity index is 1.48. The molecular weight excluding hydrogens is 338 g/mol. The van der Waals surface area contributed by atoms with Crippen LogP contribution in [-0.4, -0.2) is 18.7 Å². The quantitative estimate of drug-likeness (QED) is 0.540. The zero-order valence-corrected chi connectivity index (χ0v) is 14.5. The maximum Gasteiger partial charge on any atom is 0.277 e. The Bertz CT molecular complexity index is 957. The summed E-state index contributed by atoms with van der Waals surface area (Å²) in [6.45, 7) is -0.157. The zero-order valence-electron chi connectivity index (χ0n) is 14.5. The Morgan fingerprint density at radius 1 is 0.963 bits per heavy atom. The predicted octanol–water partition coefficient (Wildman–Crippen LogP) is 3.75. The Morgan fingerprint density at radius 3 is 2.30 bits per heavy atom. The Labute approximate surface area is 157 Å². The van der Waals surface area contributed by atoms with Gasteiger partial charge in [0.25, 0.3) is 5.91 Å². The summed E-state index contributed by atoms with van der Waals surface area (Å²) in [5.74, 6) is 0.154. The molecule has 5 nitrogen and oxygen atoms in total. The minimum absolute atomic E-state index is 0.157. The number of hydrogen-bond acceptors (Lipinski definition) is 4. The minimum atomic E-state index is -0.364. The van der Waals surface area contributed by atoms with E-state index in [1.807, 2.05) is 48.5 Å². The number of ether oxygens (including phenoxy) is 1. The lowest BCUT2D eigenvalue weighted by atomic mass is 10.0. The maximum atomic E-state index is 11.8. The summed E-state index contributed by atoms with van der Waals surface area (Å²) in [5.41, 5.74) is 6.10. The first-order valence-electron chi connectivity index (χ1n) is 8.35. The first-order valence-corrected chi connectivity index (χ1v) is 8.35. The van der Waals surface area contributed by atoms with Gasteiger partial charge in [0.15, 0.2) is 6.61 Å².